The van der Waals surface area contributed by atoms with Gasteiger partial charge in [0.1, 0.15) is 13.4 Å². The average molecular weight is 462 g/mol. The van der Waals surface area contributed by atoms with Crippen LogP contribution in [0.15, 0.2) is 12.2 Å². The Morgan fingerprint density at radius 3 is 1.57 bits per heavy atom. The van der Waals surface area contributed by atoms with E-state index in [-0.39, 0.29) is 12.7 Å². The van der Waals surface area contributed by atoms with Crippen molar-refractivity contribution in [3.8, 4) is 0 Å². The van der Waals surface area contributed by atoms with E-state index in [1.54, 1.807) is 6.92 Å². The summed E-state index contributed by atoms with van der Waals surface area (Å²) in [6.45, 7) is 28.0. The standard InChI is InChI=1S/C19H43NO4Si4/c1-13-15-24-19(22)20(14-16-23-18(21)17(2)3)28(25(4,5)6,26(7,8)9)27(10,11)12/h2,13-16H2,1,3-12H3. The molecule has 0 atom stereocenters. The number of esters is 1. The highest BCUT2D eigenvalue weighted by Crippen LogP contribution is 2.40. The van der Waals surface area contributed by atoms with E-state index in [1.807, 2.05) is 6.92 Å². The van der Waals surface area contributed by atoms with Crippen LogP contribution in [0.3, 0.4) is 0 Å². The number of hydrogen-bond acceptors (Lipinski definition) is 4. The third kappa shape index (κ3) is 5.93. The van der Waals surface area contributed by atoms with Crippen molar-refractivity contribution in [1.82, 2.24) is 4.57 Å². The maximum atomic E-state index is 13.3. The Balaban J connectivity index is 6.35. The van der Waals surface area contributed by atoms with Crippen molar-refractivity contribution in [2.45, 2.75) is 79.2 Å². The number of amides is 1. The second-order valence-electron chi connectivity index (χ2n) is 10.6. The van der Waals surface area contributed by atoms with E-state index in [2.05, 4.69) is 70.1 Å². The normalized spacial score (nSPS) is 13.1. The molecule has 1 amide bonds. The highest BCUT2D eigenvalue weighted by Gasteiger charge is 2.66. The molecule has 0 radical (unpaired) electrons. The fourth-order valence-electron chi connectivity index (χ4n) is 5.61. The minimum absolute atomic E-state index is 0.196. The lowest BCUT2D eigenvalue weighted by Crippen LogP contribution is -2.90. The molecule has 0 aliphatic carbocycles. The number of carbonyl (C=O) groups excluding carboxylic acids is 2. The summed E-state index contributed by atoms with van der Waals surface area (Å²) >= 11 is 0. The van der Waals surface area contributed by atoms with Gasteiger partial charge in [0.05, 0.1) is 29.4 Å². The van der Waals surface area contributed by atoms with E-state index in [0.29, 0.717) is 18.7 Å². The number of carbonyl (C=O) groups is 2. The van der Waals surface area contributed by atoms with Crippen LogP contribution in [0, 0.1) is 0 Å². The average Bonchev–Trinajstić information content (AvgIpc) is 2.47. The van der Waals surface area contributed by atoms with Gasteiger partial charge in [0.25, 0.3) is 0 Å². The quantitative estimate of drug-likeness (QED) is 0.256. The topological polar surface area (TPSA) is 55.8 Å². The van der Waals surface area contributed by atoms with Crippen LogP contribution < -0.4 is 0 Å². The first-order valence-corrected chi connectivity index (χ1v) is 25.7. The summed E-state index contributed by atoms with van der Waals surface area (Å²) in [7, 11) is -5.23. The van der Waals surface area contributed by atoms with Crippen LogP contribution >= 0.6 is 0 Å². The Morgan fingerprint density at radius 2 is 1.25 bits per heavy atom. The van der Waals surface area contributed by atoms with Crippen LogP contribution in [0.2, 0.25) is 58.9 Å². The summed E-state index contributed by atoms with van der Waals surface area (Å²) < 4.78 is 13.2. The van der Waals surface area contributed by atoms with Gasteiger partial charge in [-0.15, -0.1) is 0 Å². The van der Waals surface area contributed by atoms with Crippen LogP contribution in [0.5, 0.6) is 0 Å². The van der Waals surface area contributed by atoms with Crippen LogP contribution in [0.4, 0.5) is 4.79 Å². The molecule has 0 spiro atoms. The molecule has 0 saturated carbocycles. The van der Waals surface area contributed by atoms with Crippen molar-refractivity contribution in [3.63, 3.8) is 0 Å². The molecule has 0 aromatic carbocycles. The molecular formula is C19H43NO4Si4. The monoisotopic (exact) mass is 461 g/mol. The fraction of sp³-hybridized carbons (Fsp3) is 0.789. The molecule has 164 valence electrons. The molecule has 0 unspecified atom stereocenters. The Labute approximate surface area is 176 Å². The summed E-state index contributed by atoms with van der Waals surface area (Å²) in [6, 6.07) is 0. The van der Waals surface area contributed by atoms with Crippen LogP contribution in [-0.2, 0) is 14.3 Å². The number of rotatable bonds is 10. The molecule has 0 aromatic heterocycles. The summed E-state index contributed by atoms with van der Waals surface area (Å²) in [4.78, 5) is 25.2. The predicted octanol–water partition coefficient (Wildman–Crippen LogP) is 5.15. The Morgan fingerprint density at radius 1 is 0.821 bits per heavy atom. The van der Waals surface area contributed by atoms with E-state index in [4.69, 9.17) is 9.47 Å². The zero-order valence-electron chi connectivity index (χ0n) is 20.1. The van der Waals surface area contributed by atoms with Crippen molar-refractivity contribution in [2.24, 2.45) is 0 Å². The molecule has 5 nitrogen and oxygen atoms in total. The van der Waals surface area contributed by atoms with Gasteiger partial charge in [-0.1, -0.05) is 72.4 Å². The predicted molar refractivity (Wildman–Crippen MR) is 130 cm³/mol. The van der Waals surface area contributed by atoms with Gasteiger partial charge < -0.3 is 14.0 Å². The lowest BCUT2D eigenvalue weighted by atomic mass is 10.4. The zero-order chi connectivity index (χ0) is 22.6. The largest absolute Gasteiger partial charge is 0.460 e. The molecule has 0 aromatic rings. The third-order valence-electron chi connectivity index (χ3n) is 5.21. The second-order valence-corrected chi connectivity index (χ2v) is 50.6. The summed E-state index contributed by atoms with van der Waals surface area (Å²) in [5, 5.41) is 0. The molecule has 9 heteroatoms. The summed E-state index contributed by atoms with van der Waals surface area (Å²) in [5.74, 6) is -0.400. The van der Waals surface area contributed by atoms with E-state index in [9.17, 15) is 9.59 Å². The molecule has 0 aliphatic heterocycles. The molecule has 0 bridgehead atoms. The van der Waals surface area contributed by atoms with Crippen molar-refractivity contribution >= 4 is 41.6 Å². The van der Waals surface area contributed by atoms with Crippen LogP contribution in [0.1, 0.15) is 20.3 Å². The molecule has 0 saturated heterocycles. The van der Waals surface area contributed by atoms with E-state index in [1.165, 1.54) is 0 Å². The summed E-state index contributed by atoms with van der Waals surface area (Å²) in [6.07, 6.45) is 0.596. The lowest BCUT2D eigenvalue weighted by molar-refractivity contribution is -0.139. The number of hydrogen-bond donors (Lipinski definition) is 0. The maximum absolute atomic E-state index is 13.3. The summed E-state index contributed by atoms with van der Waals surface area (Å²) in [5.41, 5.74) is 0.379. The number of ether oxygens (including phenoxy) is 2. The Kier molecular flexibility index (Phi) is 9.67. The molecule has 0 rings (SSSR count). The minimum Gasteiger partial charge on any atom is -0.460 e. The van der Waals surface area contributed by atoms with Crippen molar-refractivity contribution < 1.29 is 19.1 Å². The highest BCUT2D eigenvalue weighted by atomic mass is 29.9. The van der Waals surface area contributed by atoms with Gasteiger partial charge in [-0.3, -0.25) is 0 Å². The second kappa shape index (κ2) is 9.90. The van der Waals surface area contributed by atoms with Crippen LogP contribution in [0.25, 0.3) is 0 Å². The third-order valence-corrected chi connectivity index (χ3v) is 75.4. The molecule has 0 aliphatic rings. The van der Waals surface area contributed by atoms with Gasteiger partial charge in [-0.05, 0) is 13.3 Å². The van der Waals surface area contributed by atoms with Crippen LogP contribution in [-0.4, -0.2) is 65.9 Å². The van der Waals surface area contributed by atoms with E-state index < -0.39 is 35.5 Å². The molecule has 28 heavy (non-hydrogen) atoms. The fourth-order valence-corrected chi connectivity index (χ4v) is 106. The first-order valence-electron chi connectivity index (χ1n) is 10.2. The van der Waals surface area contributed by atoms with E-state index >= 15 is 0 Å². The van der Waals surface area contributed by atoms with E-state index in [0.717, 1.165) is 6.42 Å². The molecule has 0 fully saturated rings. The van der Waals surface area contributed by atoms with Gasteiger partial charge >= 0.3 is 12.1 Å². The van der Waals surface area contributed by atoms with Gasteiger partial charge in [-0.25, -0.2) is 9.59 Å². The van der Waals surface area contributed by atoms with Crippen molar-refractivity contribution in [3.05, 3.63) is 12.2 Å². The van der Waals surface area contributed by atoms with Gasteiger partial charge in [0, 0.05) is 12.1 Å². The molecule has 0 N–H and O–H groups in total. The smallest absolute Gasteiger partial charge is 0.401 e. The minimum atomic E-state index is -2.18. The SMILES string of the molecule is C=C(C)C(=O)OCCN(C(=O)OCCC)[Si]([Si](C)(C)C)([Si](C)(C)C)[Si](C)(C)C. The highest BCUT2D eigenvalue weighted by molar-refractivity contribution is 7.88. The molecule has 0 heterocycles. The molecular weight excluding hydrogens is 419 g/mol. The zero-order valence-corrected chi connectivity index (χ0v) is 24.1. The van der Waals surface area contributed by atoms with Gasteiger partial charge in [-0.2, -0.15) is 0 Å². The van der Waals surface area contributed by atoms with Gasteiger partial charge in [0.2, 0.25) is 0 Å². The maximum Gasteiger partial charge on any atom is 0.401 e. The van der Waals surface area contributed by atoms with Gasteiger partial charge in [0.15, 0.2) is 0 Å². The van der Waals surface area contributed by atoms with Crippen molar-refractivity contribution in [2.75, 3.05) is 19.8 Å². The Bertz CT molecular complexity index is 538. The van der Waals surface area contributed by atoms with Crippen molar-refractivity contribution in [1.29, 1.82) is 0 Å². The first kappa shape index (κ1) is 27.3. The number of nitrogens with zero attached hydrogens (tertiary/aromatic N) is 1. The Hall–Kier alpha value is -0.652. The first-order chi connectivity index (χ1) is 12.4. The lowest BCUT2D eigenvalue weighted by Gasteiger charge is -2.61.